The molecule has 1 aromatic rings. The Kier molecular flexibility index (Phi) is 3.74. The number of hydrogen-bond donors (Lipinski definition) is 0. The third kappa shape index (κ3) is 2.50. The van der Waals surface area contributed by atoms with Crippen molar-refractivity contribution in [3.8, 4) is 6.19 Å². The fraction of sp³-hybridized carbons (Fsp3) is 0.462. The summed E-state index contributed by atoms with van der Waals surface area (Å²) in [5.74, 6) is 0. The van der Waals surface area contributed by atoms with E-state index in [2.05, 4.69) is 46.0 Å². The second-order valence-corrected chi connectivity index (χ2v) is 4.00. The van der Waals surface area contributed by atoms with Crippen LogP contribution in [0.1, 0.15) is 30.0 Å². The highest BCUT2D eigenvalue weighted by Gasteiger charge is 2.10. The van der Waals surface area contributed by atoms with Gasteiger partial charge in [-0.3, -0.25) is 4.90 Å². The summed E-state index contributed by atoms with van der Waals surface area (Å²) < 4.78 is 0. The van der Waals surface area contributed by atoms with Crippen LogP contribution in [0.2, 0.25) is 0 Å². The molecule has 2 heteroatoms. The topological polar surface area (TPSA) is 27.0 Å². The number of nitrogens with zero attached hydrogens (tertiary/aromatic N) is 2. The quantitative estimate of drug-likeness (QED) is 0.555. The van der Waals surface area contributed by atoms with Crippen molar-refractivity contribution in [3.63, 3.8) is 0 Å². The number of benzene rings is 1. The van der Waals surface area contributed by atoms with Gasteiger partial charge in [0.15, 0.2) is 6.19 Å². The van der Waals surface area contributed by atoms with E-state index in [4.69, 9.17) is 5.26 Å². The Morgan fingerprint density at radius 1 is 1.20 bits per heavy atom. The van der Waals surface area contributed by atoms with Crippen molar-refractivity contribution < 1.29 is 0 Å². The molecule has 0 N–H and O–H groups in total. The first-order valence-electron chi connectivity index (χ1n) is 5.35. The van der Waals surface area contributed by atoms with Gasteiger partial charge in [0.25, 0.3) is 0 Å². The molecule has 0 aliphatic rings. The highest BCUT2D eigenvalue weighted by Crippen LogP contribution is 2.25. The van der Waals surface area contributed by atoms with Gasteiger partial charge in [-0.2, -0.15) is 5.26 Å². The van der Waals surface area contributed by atoms with Crippen LogP contribution >= 0.6 is 0 Å². The first kappa shape index (κ1) is 11.6. The van der Waals surface area contributed by atoms with Crippen molar-refractivity contribution in [1.29, 1.82) is 5.26 Å². The lowest BCUT2D eigenvalue weighted by Crippen LogP contribution is -2.19. The standard InChI is InChI=1S/C13H18N2/c1-5-6-15(9-14)13-11(3)7-10(2)8-12(13)4/h7-8H,5-6H2,1-4H3. The van der Waals surface area contributed by atoms with Gasteiger partial charge < -0.3 is 0 Å². The van der Waals surface area contributed by atoms with E-state index in [-0.39, 0.29) is 0 Å². The molecule has 0 amide bonds. The summed E-state index contributed by atoms with van der Waals surface area (Å²) in [6, 6.07) is 4.25. The lowest BCUT2D eigenvalue weighted by Gasteiger charge is -2.20. The largest absolute Gasteiger partial charge is 0.279 e. The van der Waals surface area contributed by atoms with Gasteiger partial charge in [-0.25, -0.2) is 0 Å². The zero-order valence-electron chi connectivity index (χ0n) is 9.96. The summed E-state index contributed by atoms with van der Waals surface area (Å²) in [6.45, 7) is 9.09. The molecular weight excluding hydrogens is 184 g/mol. The van der Waals surface area contributed by atoms with Crippen LogP contribution in [0.25, 0.3) is 0 Å². The number of hydrogen-bond acceptors (Lipinski definition) is 2. The van der Waals surface area contributed by atoms with Crippen molar-refractivity contribution in [1.82, 2.24) is 0 Å². The molecule has 1 rings (SSSR count). The Bertz CT molecular complexity index is 365. The van der Waals surface area contributed by atoms with E-state index in [1.807, 2.05) is 0 Å². The van der Waals surface area contributed by atoms with Crippen LogP contribution in [0.3, 0.4) is 0 Å². The van der Waals surface area contributed by atoms with Crippen molar-refractivity contribution in [2.24, 2.45) is 0 Å². The number of anilines is 1. The SMILES string of the molecule is CCCN(C#N)c1c(C)cc(C)cc1C. The monoisotopic (exact) mass is 202 g/mol. The molecular formula is C13H18N2. The molecule has 1 aromatic carbocycles. The fourth-order valence-corrected chi connectivity index (χ4v) is 2.03. The van der Waals surface area contributed by atoms with Crippen LogP contribution in [0, 0.1) is 32.2 Å². The summed E-state index contributed by atoms with van der Waals surface area (Å²) in [5, 5.41) is 9.10. The van der Waals surface area contributed by atoms with E-state index >= 15 is 0 Å². The van der Waals surface area contributed by atoms with E-state index in [0.717, 1.165) is 18.7 Å². The molecule has 0 radical (unpaired) electrons. The molecule has 0 spiro atoms. The van der Waals surface area contributed by atoms with Crippen molar-refractivity contribution in [2.45, 2.75) is 34.1 Å². The van der Waals surface area contributed by atoms with Crippen LogP contribution in [-0.4, -0.2) is 6.54 Å². The minimum Gasteiger partial charge on any atom is -0.279 e. The smallest absolute Gasteiger partial charge is 0.184 e. The highest BCUT2D eigenvalue weighted by molar-refractivity contribution is 5.62. The van der Waals surface area contributed by atoms with Gasteiger partial charge in [0.2, 0.25) is 0 Å². The summed E-state index contributed by atoms with van der Waals surface area (Å²) in [7, 11) is 0. The number of aryl methyl sites for hydroxylation is 3. The van der Waals surface area contributed by atoms with Crippen molar-refractivity contribution in [3.05, 3.63) is 28.8 Å². The minimum absolute atomic E-state index is 0.793. The highest BCUT2D eigenvalue weighted by atomic mass is 15.1. The van der Waals surface area contributed by atoms with Crippen LogP contribution in [0.15, 0.2) is 12.1 Å². The zero-order chi connectivity index (χ0) is 11.4. The van der Waals surface area contributed by atoms with Crippen LogP contribution in [0.5, 0.6) is 0 Å². The molecule has 0 fully saturated rings. The van der Waals surface area contributed by atoms with Crippen molar-refractivity contribution in [2.75, 3.05) is 11.4 Å². The lowest BCUT2D eigenvalue weighted by molar-refractivity contribution is 0.880. The predicted octanol–water partition coefficient (Wildman–Crippen LogP) is 3.31. The number of rotatable bonds is 3. The summed E-state index contributed by atoms with van der Waals surface area (Å²) >= 11 is 0. The lowest BCUT2D eigenvalue weighted by atomic mass is 10.0. The third-order valence-corrected chi connectivity index (χ3v) is 2.47. The first-order valence-corrected chi connectivity index (χ1v) is 5.35. The second kappa shape index (κ2) is 4.84. The minimum atomic E-state index is 0.793. The molecule has 0 atom stereocenters. The molecule has 0 aromatic heterocycles. The first-order chi connectivity index (χ1) is 7.10. The van der Waals surface area contributed by atoms with E-state index in [0.29, 0.717) is 0 Å². The van der Waals surface area contributed by atoms with Crippen LogP contribution < -0.4 is 4.90 Å². The Hall–Kier alpha value is -1.49. The Morgan fingerprint density at radius 2 is 1.73 bits per heavy atom. The molecule has 0 saturated heterocycles. The normalized spacial score (nSPS) is 9.80. The molecule has 2 nitrogen and oxygen atoms in total. The van der Waals surface area contributed by atoms with Gasteiger partial charge in [0.1, 0.15) is 0 Å². The molecule has 0 heterocycles. The summed E-state index contributed by atoms with van der Waals surface area (Å²) in [4.78, 5) is 1.78. The second-order valence-electron chi connectivity index (χ2n) is 4.00. The van der Waals surface area contributed by atoms with Gasteiger partial charge >= 0.3 is 0 Å². The van der Waals surface area contributed by atoms with E-state index in [1.165, 1.54) is 16.7 Å². The molecule has 0 bridgehead atoms. The summed E-state index contributed by atoms with van der Waals surface area (Å²) in [6.07, 6.45) is 3.24. The molecule has 0 saturated carbocycles. The average molecular weight is 202 g/mol. The van der Waals surface area contributed by atoms with E-state index in [1.54, 1.807) is 4.90 Å². The molecule has 0 unspecified atom stereocenters. The van der Waals surface area contributed by atoms with Crippen molar-refractivity contribution >= 4 is 5.69 Å². The zero-order valence-corrected chi connectivity index (χ0v) is 9.96. The third-order valence-electron chi connectivity index (χ3n) is 2.47. The van der Waals surface area contributed by atoms with Gasteiger partial charge in [-0.1, -0.05) is 24.6 Å². The summed E-state index contributed by atoms with van der Waals surface area (Å²) in [5.41, 5.74) is 4.69. The van der Waals surface area contributed by atoms with Gasteiger partial charge in [0, 0.05) is 6.54 Å². The molecule has 0 aliphatic carbocycles. The maximum absolute atomic E-state index is 9.10. The molecule has 80 valence electrons. The average Bonchev–Trinajstić information content (AvgIpc) is 2.14. The maximum atomic E-state index is 9.10. The van der Waals surface area contributed by atoms with Gasteiger partial charge in [-0.05, 0) is 38.3 Å². The number of nitriles is 1. The van der Waals surface area contributed by atoms with Gasteiger partial charge in [0.05, 0.1) is 5.69 Å². The fourth-order valence-electron chi connectivity index (χ4n) is 2.03. The molecule has 0 aliphatic heterocycles. The Labute approximate surface area is 92.1 Å². The predicted molar refractivity (Wildman–Crippen MR) is 63.9 cm³/mol. The van der Waals surface area contributed by atoms with E-state index in [9.17, 15) is 0 Å². The van der Waals surface area contributed by atoms with E-state index < -0.39 is 0 Å². The Morgan fingerprint density at radius 3 is 2.13 bits per heavy atom. The maximum Gasteiger partial charge on any atom is 0.184 e. The van der Waals surface area contributed by atoms with Crippen LogP contribution in [-0.2, 0) is 0 Å². The Balaban J connectivity index is 3.18. The van der Waals surface area contributed by atoms with Crippen LogP contribution in [0.4, 0.5) is 5.69 Å². The molecule has 15 heavy (non-hydrogen) atoms. The van der Waals surface area contributed by atoms with Gasteiger partial charge in [-0.15, -0.1) is 0 Å².